The molecule has 0 bridgehead atoms. The van der Waals surface area contributed by atoms with Crippen LogP contribution in [0.1, 0.15) is 52.9 Å². The van der Waals surface area contributed by atoms with Crippen LogP contribution in [-0.2, 0) is 9.59 Å². The number of pyridine rings is 1. The number of hydrogen-bond donors (Lipinski definition) is 1. The van der Waals surface area contributed by atoms with Gasteiger partial charge in [0.15, 0.2) is 5.78 Å². The molecule has 206 valence electrons. The van der Waals surface area contributed by atoms with E-state index in [1.165, 1.54) is 13.1 Å². The van der Waals surface area contributed by atoms with E-state index < -0.39 is 23.6 Å². The molecule has 2 unspecified atom stereocenters. The summed E-state index contributed by atoms with van der Waals surface area (Å²) in [6.07, 6.45) is -1.31. The van der Waals surface area contributed by atoms with Crippen LogP contribution in [-0.4, -0.2) is 35.2 Å². The number of carbonyl (C=O) groups excluding carboxylic acids is 3. The summed E-state index contributed by atoms with van der Waals surface area (Å²) in [5.74, 6) is -1.88. The Bertz CT molecular complexity index is 1330. The Kier molecular flexibility index (Phi) is 9.50. The van der Waals surface area contributed by atoms with E-state index in [1.54, 1.807) is 44.2 Å². The standard InChI is InChI=1S/C29H28ClF3N2O4/c1-5-20(29(31,32)33)15-22(30)18(4)39-21-12-16(2)25(17(3)13-21)26-24(36)14-19(27(26)37)9-11-35-28(38)23-8-6-7-10-34-23/h5-8,10,12-13,15,19,26H,1,9,11,14H2,2-4H3,(H,35,38)/b20-15+,22-18-. The van der Waals surface area contributed by atoms with Gasteiger partial charge in [-0.3, -0.25) is 19.4 Å². The minimum atomic E-state index is -4.61. The molecule has 1 aliphatic carbocycles. The zero-order valence-electron chi connectivity index (χ0n) is 21.7. The number of ether oxygens (including phenoxy) is 1. The second kappa shape index (κ2) is 12.4. The molecular weight excluding hydrogens is 533 g/mol. The molecule has 3 rings (SSSR count). The van der Waals surface area contributed by atoms with Crippen LogP contribution in [0, 0.1) is 19.8 Å². The van der Waals surface area contributed by atoms with E-state index >= 15 is 0 Å². The summed E-state index contributed by atoms with van der Waals surface area (Å²) in [7, 11) is 0. The molecular formula is C29H28ClF3N2O4. The minimum absolute atomic E-state index is 0.0349. The van der Waals surface area contributed by atoms with Crippen molar-refractivity contribution in [1.29, 1.82) is 0 Å². The summed E-state index contributed by atoms with van der Waals surface area (Å²) in [5.41, 5.74) is 1.09. The number of nitrogens with zero attached hydrogens (tertiary/aromatic N) is 1. The maximum Gasteiger partial charge on any atom is 0.416 e. The minimum Gasteiger partial charge on any atom is -0.460 e. The molecule has 1 aromatic heterocycles. The van der Waals surface area contributed by atoms with Crippen molar-refractivity contribution in [1.82, 2.24) is 10.3 Å². The second-order valence-corrected chi connectivity index (χ2v) is 9.65. The lowest BCUT2D eigenvalue weighted by atomic mass is 9.87. The number of nitrogens with one attached hydrogen (secondary N) is 1. The zero-order chi connectivity index (χ0) is 28.9. The number of aryl methyl sites for hydroxylation is 2. The third kappa shape index (κ3) is 7.23. The molecule has 1 amide bonds. The van der Waals surface area contributed by atoms with Crippen molar-refractivity contribution in [2.45, 2.75) is 45.7 Å². The molecule has 1 fully saturated rings. The normalized spacial score (nSPS) is 18.6. The molecule has 0 aliphatic heterocycles. The fourth-order valence-electron chi connectivity index (χ4n) is 4.52. The van der Waals surface area contributed by atoms with Gasteiger partial charge in [0, 0.05) is 25.1 Å². The van der Waals surface area contributed by atoms with Crippen molar-refractivity contribution in [3.05, 3.63) is 94.0 Å². The first-order valence-electron chi connectivity index (χ1n) is 12.2. The first-order chi connectivity index (χ1) is 18.3. The fourth-order valence-corrected chi connectivity index (χ4v) is 4.68. The van der Waals surface area contributed by atoms with E-state index in [2.05, 4.69) is 16.9 Å². The molecule has 10 heteroatoms. The van der Waals surface area contributed by atoms with Gasteiger partial charge in [-0.2, -0.15) is 13.2 Å². The van der Waals surface area contributed by atoms with Gasteiger partial charge in [0.1, 0.15) is 28.9 Å². The predicted molar refractivity (Wildman–Crippen MR) is 141 cm³/mol. The van der Waals surface area contributed by atoms with Crippen molar-refractivity contribution >= 4 is 29.1 Å². The number of Topliss-reactive ketones (excluding diaryl/α,β-unsaturated/α-hetero) is 2. The first-order valence-corrected chi connectivity index (χ1v) is 12.5. The number of amides is 1. The average molecular weight is 561 g/mol. The summed E-state index contributed by atoms with van der Waals surface area (Å²) < 4.78 is 44.7. The Morgan fingerprint density at radius 2 is 1.90 bits per heavy atom. The SMILES string of the molecule is C=C/C(=C\C(Cl)=C(/C)Oc1cc(C)c(C2C(=O)CC(CCNC(=O)c3ccccn3)C2=O)c(C)c1)C(F)(F)F. The van der Waals surface area contributed by atoms with Crippen LogP contribution >= 0.6 is 11.6 Å². The van der Waals surface area contributed by atoms with E-state index in [0.29, 0.717) is 34.9 Å². The van der Waals surface area contributed by atoms with E-state index in [9.17, 15) is 27.6 Å². The lowest BCUT2D eigenvalue weighted by molar-refractivity contribution is -0.124. The summed E-state index contributed by atoms with van der Waals surface area (Å²) in [5, 5.41) is 2.48. The van der Waals surface area contributed by atoms with E-state index in [1.807, 2.05) is 0 Å². The van der Waals surface area contributed by atoms with Crippen LogP contribution in [0.15, 0.2) is 71.6 Å². The topological polar surface area (TPSA) is 85.4 Å². The molecule has 6 nitrogen and oxygen atoms in total. The molecule has 0 radical (unpaired) electrons. The Labute approximate surface area is 229 Å². The van der Waals surface area contributed by atoms with E-state index in [-0.39, 0.29) is 46.9 Å². The smallest absolute Gasteiger partial charge is 0.416 e. The van der Waals surface area contributed by atoms with Crippen molar-refractivity contribution in [2.75, 3.05) is 6.54 Å². The number of halogens is 4. The molecule has 2 aromatic rings. The number of allylic oxidation sites excluding steroid dienone is 5. The summed E-state index contributed by atoms with van der Waals surface area (Å²) in [4.78, 5) is 42.3. The molecule has 1 aliphatic rings. The number of rotatable bonds is 9. The average Bonchev–Trinajstić information content (AvgIpc) is 3.14. The monoisotopic (exact) mass is 560 g/mol. The third-order valence-electron chi connectivity index (χ3n) is 6.42. The predicted octanol–water partition coefficient (Wildman–Crippen LogP) is 6.28. The first kappa shape index (κ1) is 29.8. The largest absolute Gasteiger partial charge is 0.460 e. The Morgan fingerprint density at radius 1 is 1.23 bits per heavy atom. The molecule has 39 heavy (non-hydrogen) atoms. The molecule has 1 aromatic carbocycles. The van der Waals surface area contributed by atoms with Crippen LogP contribution in [0.2, 0.25) is 0 Å². The molecule has 2 atom stereocenters. The van der Waals surface area contributed by atoms with Gasteiger partial charge in [-0.1, -0.05) is 30.3 Å². The van der Waals surface area contributed by atoms with Crippen LogP contribution in [0.3, 0.4) is 0 Å². The van der Waals surface area contributed by atoms with Crippen LogP contribution in [0.4, 0.5) is 13.2 Å². The Balaban J connectivity index is 1.72. The van der Waals surface area contributed by atoms with Gasteiger partial charge in [-0.25, -0.2) is 0 Å². The summed E-state index contributed by atoms with van der Waals surface area (Å²) >= 11 is 6.04. The third-order valence-corrected chi connectivity index (χ3v) is 6.80. The van der Waals surface area contributed by atoms with Gasteiger partial charge in [-0.05, 0) is 74.2 Å². The number of alkyl halides is 3. The fraction of sp³-hybridized carbons (Fsp3) is 0.310. The molecule has 1 heterocycles. The van der Waals surface area contributed by atoms with Gasteiger partial charge >= 0.3 is 6.18 Å². The van der Waals surface area contributed by atoms with Crippen LogP contribution in [0.25, 0.3) is 0 Å². The van der Waals surface area contributed by atoms with Crippen LogP contribution in [0.5, 0.6) is 5.75 Å². The van der Waals surface area contributed by atoms with Gasteiger partial charge in [-0.15, -0.1) is 0 Å². The number of aromatic nitrogens is 1. The van der Waals surface area contributed by atoms with E-state index in [0.717, 1.165) is 6.08 Å². The van der Waals surface area contributed by atoms with Crippen molar-refractivity contribution in [3.63, 3.8) is 0 Å². The quantitative estimate of drug-likeness (QED) is 0.221. The number of benzene rings is 1. The highest BCUT2D eigenvalue weighted by Gasteiger charge is 2.43. The van der Waals surface area contributed by atoms with Crippen LogP contribution < -0.4 is 10.1 Å². The highest BCUT2D eigenvalue weighted by Crippen LogP contribution is 2.38. The molecule has 1 saturated carbocycles. The van der Waals surface area contributed by atoms with E-state index in [4.69, 9.17) is 16.3 Å². The number of hydrogen-bond acceptors (Lipinski definition) is 5. The molecule has 1 N–H and O–H groups in total. The Morgan fingerprint density at radius 3 is 2.46 bits per heavy atom. The second-order valence-electron chi connectivity index (χ2n) is 9.24. The zero-order valence-corrected chi connectivity index (χ0v) is 22.4. The highest BCUT2D eigenvalue weighted by molar-refractivity contribution is 6.31. The maximum absolute atomic E-state index is 13.2. The highest BCUT2D eigenvalue weighted by atomic mass is 35.5. The van der Waals surface area contributed by atoms with Gasteiger partial charge < -0.3 is 10.1 Å². The van der Waals surface area contributed by atoms with Crippen molar-refractivity contribution < 1.29 is 32.3 Å². The number of carbonyl (C=O) groups is 3. The summed E-state index contributed by atoms with van der Waals surface area (Å²) in [6, 6.07) is 8.20. The van der Waals surface area contributed by atoms with Crippen molar-refractivity contribution in [3.8, 4) is 5.75 Å². The lowest BCUT2D eigenvalue weighted by Crippen LogP contribution is -2.27. The molecule has 0 spiro atoms. The lowest BCUT2D eigenvalue weighted by Gasteiger charge is -2.18. The maximum atomic E-state index is 13.2. The van der Waals surface area contributed by atoms with Gasteiger partial charge in [0.25, 0.3) is 5.91 Å². The molecule has 0 saturated heterocycles. The van der Waals surface area contributed by atoms with Gasteiger partial charge in [0.2, 0.25) is 0 Å². The Hall–Kier alpha value is -3.72. The van der Waals surface area contributed by atoms with Crippen molar-refractivity contribution in [2.24, 2.45) is 5.92 Å². The van der Waals surface area contributed by atoms with Gasteiger partial charge in [0.05, 0.1) is 10.6 Å². The number of ketones is 2. The summed E-state index contributed by atoms with van der Waals surface area (Å²) in [6.45, 7) is 8.27.